The molecule has 1 atom stereocenters. The first-order valence-corrected chi connectivity index (χ1v) is 11.7. The molecule has 0 radical (unpaired) electrons. The fraction of sp³-hybridized carbons (Fsp3) is 0.300. The second-order valence-electron chi connectivity index (χ2n) is 7.01. The summed E-state index contributed by atoms with van der Waals surface area (Å²) in [5.74, 6) is 0.0308. The van der Waals surface area contributed by atoms with E-state index in [4.69, 9.17) is 0 Å². The lowest BCUT2D eigenvalue weighted by atomic mass is 10.0. The Morgan fingerprint density at radius 1 is 1.21 bits per heavy atom. The lowest BCUT2D eigenvalue weighted by Gasteiger charge is -2.33. The summed E-state index contributed by atoms with van der Waals surface area (Å²) in [6.07, 6.45) is 2.03. The van der Waals surface area contributed by atoms with Crippen LogP contribution < -0.4 is 5.32 Å². The fourth-order valence-electron chi connectivity index (χ4n) is 3.48. The number of amides is 1. The fourth-order valence-corrected chi connectivity index (χ4v) is 5.99. The number of thiophene rings is 1. The van der Waals surface area contributed by atoms with Crippen molar-refractivity contribution in [1.29, 1.82) is 0 Å². The Morgan fingerprint density at radius 2 is 2.00 bits per heavy atom. The Morgan fingerprint density at radius 3 is 2.72 bits per heavy atom. The van der Waals surface area contributed by atoms with Crippen molar-refractivity contribution in [2.75, 3.05) is 11.9 Å². The standard InChI is InChI=1S/C20H22N4O3S2/c1-14-10-11-18(28-14)16-13-19(23-22-16)21-20(25)17-9-5-6-12-24(17)29(26,27)15-7-3-2-4-8-15/h2-4,7-8,10-11,13,17H,5-6,9,12H2,1H3,(H2,21,22,23,25). The van der Waals surface area contributed by atoms with Gasteiger partial charge in [-0.2, -0.15) is 9.40 Å². The van der Waals surface area contributed by atoms with Crippen LogP contribution in [-0.2, 0) is 14.8 Å². The van der Waals surface area contributed by atoms with Gasteiger partial charge in [0.2, 0.25) is 15.9 Å². The maximum absolute atomic E-state index is 13.1. The molecule has 3 aromatic rings. The molecule has 1 aliphatic rings. The van der Waals surface area contributed by atoms with Gasteiger partial charge in [0.05, 0.1) is 15.5 Å². The number of nitrogens with one attached hydrogen (secondary N) is 2. The highest BCUT2D eigenvalue weighted by Gasteiger charge is 2.37. The van der Waals surface area contributed by atoms with Crippen LogP contribution >= 0.6 is 11.3 Å². The lowest BCUT2D eigenvalue weighted by molar-refractivity contribution is -0.120. The number of benzene rings is 1. The number of sulfonamides is 1. The molecule has 1 unspecified atom stereocenters. The van der Waals surface area contributed by atoms with Gasteiger partial charge in [-0.25, -0.2) is 8.42 Å². The Kier molecular flexibility index (Phi) is 5.53. The van der Waals surface area contributed by atoms with Crippen LogP contribution in [0.3, 0.4) is 0 Å². The smallest absolute Gasteiger partial charge is 0.244 e. The lowest BCUT2D eigenvalue weighted by Crippen LogP contribution is -2.49. The van der Waals surface area contributed by atoms with Crippen LogP contribution in [0.5, 0.6) is 0 Å². The molecule has 152 valence electrons. The first-order valence-electron chi connectivity index (χ1n) is 9.45. The Balaban J connectivity index is 1.53. The van der Waals surface area contributed by atoms with Gasteiger partial charge < -0.3 is 5.32 Å². The molecule has 1 aromatic carbocycles. The molecular weight excluding hydrogens is 408 g/mol. The van der Waals surface area contributed by atoms with Gasteiger partial charge in [0.25, 0.3) is 0 Å². The Bertz CT molecular complexity index is 1110. The number of carbonyl (C=O) groups excluding carboxylic acids is 1. The van der Waals surface area contributed by atoms with Crippen molar-refractivity contribution in [3.63, 3.8) is 0 Å². The molecule has 0 saturated carbocycles. The summed E-state index contributed by atoms with van der Waals surface area (Å²) >= 11 is 1.63. The van der Waals surface area contributed by atoms with Crippen molar-refractivity contribution >= 4 is 33.1 Å². The zero-order valence-corrected chi connectivity index (χ0v) is 17.6. The number of rotatable bonds is 5. The number of aromatic amines is 1. The van der Waals surface area contributed by atoms with E-state index in [2.05, 4.69) is 15.5 Å². The minimum absolute atomic E-state index is 0.204. The summed E-state index contributed by atoms with van der Waals surface area (Å²) in [4.78, 5) is 15.4. The molecule has 2 aromatic heterocycles. The maximum Gasteiger partial charge on any atom is 0.244 e. The minimum atomic E-state index is -3.74. The van der Waals surface area contributed by atoms with E-state index in [0.717, 1.165) is 23.4 Å². The molecule has 7 nitrogen and oxygen atoms in total. The summed E-state index contributed by atoms with van der Waals surface area (Å²) in [5.41, 5.74) is 0.816. The van der Waals surface area contributed by atoms with Crippen LogP contribution in [0, 0.1) is 6.92 Å². The van der Waals surface area contributed by atoms with Crippen LogP contribution in [0.4, 0.5) is 5.82 Å². The minimum Gasteiger partial charge on any atom is -0.308 e. The van der Waals surface area contributed by atoms with Gasteiger partial charge in [-0.3, -0.25) is 9.89 Å². The Hall–Kier alpha value is -2.49. The summed E-state index contributed by atoms with van der Waals surface area (Å²) in [5, 5.41) is 9.87. The van der Waals surface area contributed by atoms with Gasteiger partial charge in [0.15, 0.2) is 5.82 Å². The van der Waals surface area contributed by atoms with E-state index >= 15 is 0 Å². The molecular formula is C20H22N4O3S2. The first-order chi connectivity index (χ1) is 13.9. The first kappa shape index (κ1) is 19.8. The molecule has 2 N–H and O–H groups in total. The van der Waals surface area contributed by atoms with Crippen molar-refractivity contribution in [2.24, 2.45) is 0 Å². The molecule has 3 heterocycles. The number of carbonyl (C=O) groups is 1. The number of anilines is 1. The van der Waals surface area contributed by atoms with Crippen LogP contribution in [0.2, 0.25) is 0 Å². The number of nitrogens with zero attached hydrogens (tertiary/aromatic N) is 2. The third kappa shape index (κ3) is 4.12. The quantitative estimate of drug-likeness (QED) is 0.646. The van der Waals surface area contributed by atoms with Crippen LogP contribution in [0.15, 0.2) is 53.4 Å². The topological polar surface area (TPSA) is 95.2 Å². The highest BCUT2D eigenvalue weighted by atomic mass is 32.2. The molecule has 1 fully saturated rings. The highest BCUT2D eigenvalue weighted by molar-refractivity contribution is 7.89. The van der Waals surface area contributed by atoms with E-state index in [1.165, 1.54) is 9.18 Å². The van der Waals surface area contributed by atoms with Crippen molar-refractivity contribution < 1.29 is 13.2 Å². The van der Waals surface area contributed by atoms with Crippen molar-refractivity contribution in [3.05, 3.63) is 53.4 Å². The molecule has 9 heteroatoms. The molecule has 0 aliphatic carbocycles. The van der Waals surface area contributed by atoms with E-state index in [-0.39, 0.29) is 10.8 Å². The number of piperidine rings is 1. The molecule has 29 heavy (non-hydrogen) atoms. The average molecular weight is 431 g/mol. The average Bonchev–Trinajstić information content (AvgIpc) is 3.37. The second-order valence-corrected chi connectivity index (χ2v) is 10.2. The number of H-pyrrole nitrogens is 1. The van der Waals surface area contributed by atoms with Crippen molar-refractivity contribution in [2.45, 2.75) is 37.1 Å². The summed E-state index contributed by atoms with van der Waals surface area (Å²) in [6, 6.07) is 13.3. The zero-order chi connectivity index (χ0) is 20.4. The zero-order valence-electron chi connectivity index (χ0n) is 16.0. The molecule has 0 spiro atoms. The second kappa shape index (κ2) is 8.10. The molecule has 4 rings (SSSR count). The van der Waals surface area contributed by atoms with E-state index in [1.807, 2.05) is 19.1 Å². The molecule has 1 aliphatic heterocycles. The number of hydrogen-bond donors (Lipinski definition) is 2. The van der Waals surface area contributed by atoms with Gasteiger partial charge in [0.1, 0.15) is 6.04 Å². The number of aromatic nitrogens is 2. The number of hydrogen-bond acceptors (Lipinski definition) is 5. The largest absolute Gasteiger partial charge is 0.308 e. The summed E-state index contributed by atoms with van der Waals surface area (Å²) < 4.78 is 27.5. The SMILES string of the molecule is Cc1ccc(-c2cc(NC(=O)C3CCCCN3S(=O)(=O)c3ccccc3)n[nH]2)s1. The van der Waals surface area contributed by atoms with E-state index < -0.39 is 16.1 Å². The van der Waals surface area contributed by atoms with E-state index in [9.17, 15) is 13.2 Å². The van der Waals surface area contributed by atoms with Crippen LogP contribution in [0.1, 0.15) is 24.1 Å². The van der Waals surface area contributed by atoms with Crippen LogP contribution in [-0.4, -0.2) is 41.4 Å². The Labute approximate surface area is 173 Å². The summed E-state index contributed by atoms with van der Waals surface area (Å²) in [6.45, 7) is 2.35. The van der Waals surface area contributed by atoms with Crippen molar-refractivity contribution in [3.8, 4) is 10.6 Å². The number of aryl methyl sites for hydroxylation is 1. The third-order valence-corrected chi connectivity index (χ3v) is 7.90. The maximum atomic E-state index is 13.1. The molecule has 0 bridgehead atoms. The predicted octanol–water partition coefficient (Wildman–Crippen LogP) is 3.63. The van der Waals surface area contributed by atoms with Gasteiger partial charge >= 0.3 is 0 Å². The van der Waals surface area contributed by atoms with Gasteiger partial charge in [-0.05, 0) is 44.0 Å². The monoisotopic (exact) mass is 430 g/mol. The van der Waals surface area contributed by atoms with Gasteiger partial charge in [0, 0.05) is 17.5 Å². The normalized spacial score (nSPS) is 17.9. The van der Waals surface area contributed by atoms with Gasteiger partial charge in [-0.1, -0.05) is 24.6 Å². The third-order valence-electron chi connectivity index (χ3n) is 4.94. The molecule has 1 amide bonds. The molecule has 1 saturated heterocycles. The highest BCUT2D eigenvalue weighted by Crippen LogP contribution is 2.29. The van der Waals surface area contributed by atoms with Crippen LogP contribution in [0.25, 0.3) is 10.6 Å². The van der Waals surface area contributed by atoms with E-state index in [0.29, 0.717) is 18.8 Å². The van der Waals surface area contributed by atoms with Gasteiger partial charge in [-0.15, -0.1) is 11.3 Å². The van der Waals surface area contributed by atoms with Crippen molar-refractivity contribution in [1.82, 2.24) is 14.5 Å². The summed E-state index contributed by atoms with van der Waals surface area (Å²) in [7, 11) is -3.74. The van der Waals surface area contributed by atoms with E-state index in [1.54, 1.807) is 47.7 Å². The predicted molar refractivity (Wildman–Crippen MR) is 113 cm³/mol.